The molecule has 1 aromatic heterocycles. The average Bonchev–Trinajstić information content (AvgIpc) is 3.38. The molecule has 1 heterocycles. The van der Waals surface area contributed by atoms with E-state index in [0.717, 1.165) is 28.0 Å². The Morgan fingerprint density at radius 1 is 0.825 bits per heavy atom. The highest BCUT2D eigenvalue weighted by Crippen LogP contribution is 2.43. The Morgan fingerprint density at radius 2 is 1.45 bits per heavy atom. The number of hydrogen-bond acceptors (Lipinski definition) is 6. The fourth-order valence-electron chi connectivity index (χ4n) is 4.18. The van der Waals surface area contributed by atoms with Crippen LogP contribution in [0.4, 0.5) is 5.88 Å². The molecule has 0 aliphatic heterocycles. The Morgan fingerprint density at radius 3 is 2.08 bits per heavy atom. The van der Waals surface area contributed by atoms with Crippen molar-refractivity contribution in [1.82, 2.24) is 0 Å². The van der Waals surface area contributed by atoms with Crippen LogP contribution in [0.1, 0.15) is 16.7 Å². The van der Waals surface area contributed by atoms with Gasteiger partial charge in [-0.25, -0.2) is 4.99 Å². The van der Waals surface area contributed by atoms with Crippen molar-refractivity contribution >= 4 is 23.7 Å². The number of nitrogens with zero attached hydrogens (tertiary/aromatic N) is 2. The molecule has 5 aromatic rings. The molecule has 0 fully saturated rings. The fourth-order valence-corrected chi connectivity index (χ4v) is 4.31. The predicted octanol–water partition coefficient (Wildman–Crippen LogP) is 8.49. The van der Waals surface area contributed by atoms with Crippen molar-refractivity contribution in [3.8, 4) is 45.8 Å². The molecule has 0 radical (unpaired) electrons. The van der Waals surface area contributed by atoms with Crippen molar-refractivity contribution in [3.05, 3.63) is 119 Å². The number of aliphatic imine (C=N–C) groups is 1. The minimum Gasteiger partial charge on any atom is -0.497 e. The van der Waals surface area contributed by atoms with E-state index in [1.54, 1.807) is 20.4 Å². The van der Waals surface area contributed by atoms with Gasteiger partial charge in [-0.1, -0.05) is 48.0 Å². The molecule has 0 N–H and O–H groups in total. The second-order valence-electron chi connectivity index (χ2n) is 8.77. The van der Waals surface area contributed by atoms with Gasteiger partial charge in [-0.3, -0.25) is 0 Å². The summed E-state index contributed by atoms with van der Waals surface area (Å²) in [6, 6.07) is 32.3. The lowest BCUT2D eigenvalue weighted by Crippen LogP contribution is -1.98. The van der Waals surface area contributed by atoms with E-state index in [1.165, 1.54) is 0 Å². The molecule has 0 atom stereocenters. The van der Waals surface area contributed by atoms with Gasteiger partial charge in [-0.2, -0.15) is 5.26 Å². The molecule has 0 aliphatic carbocycles. The molecule has 4 aromatic carbocycles. The van der Waals surface area contributed by atoms with Crippen molar-refractivity contribution in [2.75, 3.05) is 14.2 Å². The zero-order valence-electron chi connectivity index (χ0n) is 21.9. The molecule has 0 saturated heterocycles. The van der Waals surface area contributed by atoms with Gasteiger partial charge in [0.15, 0.2) is 0 Å². The van der Waals surface area contributed by atoms with Gasteiger partial charge in [0.25, 0.3) is 0 Å². The number of rotatable bonds is 9. The number of nitriles is 1. The summed E-state index contributed by atoms with van der Waals surface area (Å²) in [5, 5.41) is 10.9. The van der Waals surface area contributed by atoms with Crippen LogP contribution in [0, 0.1) is 11.3 Å². The number of para-hydroxylation sites is 1. The largest absolute Gasteiger partial charge is 0.497 e. The van der Waals surface area contributed by atoms with E-state index >= 15 is 0 Å². The molecule has 0 aliphatic rings. The van der Waals surface area contributed by atoms with Crippen molar-refractivity contribution in [1.29, 1.82) is 5.26 Å². The minimum absolute atomic E-state index is 0.201. The number of benzene rings is 4. The van der Waals surface area contributed by atoms with Crippen LogP contribution in [0.5, 0.6) is 17.2 Å². The van der Waals surface area contributed by atoms with Crippen LogP contribution >= 0.6 is 11.6 Å². The van der Waals surface area contributed by atoms with Crippen LogP contribution in [0.25, 0.3) is 22.5 Å². The molecule has 7 heteroatoms. The van der Waals surface area contributed by atoms with E-state index < -0.39 is 0 Å². The third kappa shape index (κ3) is 5.85. The maximum Gasteiger partial charge on any atom is 0.238 e. The first-order valence-electron chi connectivity index (χ1n) is 12.5. The van der Waals surface area contributed by atoms with Gasteiger partial charge in [0.1, 0.15) is 41.2 Å². The van der Waals surface area contributed by atoms with Gasteiger partial charge in [0.05, 0.1) is 14.2 Å². The second kappa shape index (κ2) is 12.2. The first-order valence-corrected chi connectivity index (χ1v) is 12.8. The Bertz CT molecular complexity index is 1670. The van der Waals surface area contributed by atoms with Crippen LogP contribution in [0.2, 0.25) is 5.02 Å². The number of furan rings is 1. The summed E-state index contributed by atoms with van der Waals surface area (Å²) in [6.45, 7) is 0.370. The highest BCUT2D eigenvalue weighted by atomic mass is 35.5. The number of methoxy groups -OCH3 is 2. The van der Waals surface area contributed by atoms with Gasteiger partial charge in [-0.15, -0.1) is 0 Å². The summed E-state index contributed by atoms with van der Waals surface area (Å²) < 4.78 is 23.0. The molecule has 0 saturated carbocycles. The maximum absolute atomic E-state index is 10.2. The Labute approximate surface area is 237 Å². The standard InChI is InChI=1S/C33H25ClN2O4/c1-37-27-15-9-23(10-16-27)31-29(19-35)33(40-32(31)24-11-17-28(38-2)18-12-24)36-20-25-5-3-4-6-30(25)39-21-22-7-13-26(34)14-8-22/h3-18,20H,21H2,1-2H3. The van der Waals surface area contributed by atoms with Gasteiger partial charge >= 0.3 is 0 Å². The number of hydrogen-bond donors (Lipinski definition) is 0. The summed E-state index contributed by atoms with van der Waals surface area (Å²) >= 11 is 6.00. The summed E-state index contributed by atoms with van der Waals surface area (Å²) in [6.07, 6.45) is 1.65. The highest BCUT2D eigenvalue weighted by molar-refractivity contribution is 6.30. The molecule has 0 bridgehead atoms. The van der Waals surface area contributed by atoms with Crippen LogP contribution in [-0.2, 0) is 6.61 Å². The molecular weight excluding hydrogens is 524 g/mol. The van der Waals surface area contributed by atoms with Gasteiger partial charge in [0, 0.05) is 27.9 Å². The van der Waals surface area contributed by atoms with E-state index in [9.17, 15) is 5.26 Å². The van der Waals surface area contributed by atoms with Crippen molar-refractivity contribution in [2.24, 2.45) is 4.99 Å². The van der Waals surface area contributed by atoms with E-state index in [-0.39, 0.29) is 5.88 Å². The predicted molar refractivity (Wildman–Crippen MR) is 157 cm³/mol. The quantitative estimate of drug-likeness (QED) is 0.173. The molecule has 0 unspecified atom stereocenters. The summed E-state index contributed by atoms with van der Waals surface area (Å²) in [4.78, 5) is 4.61. The van der Waals surface area contributed by atoms with Crippen LogP contribution in [-0.4, -0.2) is 20.4 Å². The van der Waals surface area contributed by atoms with Crippen LogP contribution in [0.3, 0.4) is 0 Å². The number of ether oxygens (including phenoxy) is 3. The zero-order chi connectivity index (χ0) is 27.9. The molecule has 0 amide bonds. The normalized spacial score (nSPS) is 10.8. The summed E-state index contributed by atoms with van der Waals surface area (Å²) in [7, 11) is 3.22. The molecule has 5 rings (SSSR count). The third-order valence-corrected chi connectivity index (χ3v) is 6.53. The Kier molecular flexibility index (Phi) is 8.15. The topological polar surface area (TPSA) is 77.0 Å². The Balaban J connectivity index is 1.53. The van der Waals surface area contributed by atoms with Crippen molar-refractivity contribution in [3.63, 3.8) is 0 Å². The fraction of sp³-hybridized carbons (Fsp3) is 0.0909. The van der Waals surface area contributed by atoms with E-state index in [1.807, 2.05) is 97.1 Å². The molecule has 6 nitrogen and oxygen atoms in total. The summed E-state index contributed by atoms with van der Waals surface area (Å²) in [5.74, 6) is 2.81. The molecule has 40 heavy (non-hydrogen) atoms. The minimum atomic E-state index is 0.201. The lowest BCUT2D eigenvalue weighted by Gasteiger charge is -2.09. The van der Waals surface area contributed by atoms with E-state index in [2.05, 4.69) is 11.1 Å². The second-order valence-corrected chi connectivity index (χ2v) is 9.20. The average molecular weight is 549 g/mol. The molecule has 198 valence electrons. The van der Waals surface area contributed by atoms with Crippen molar-refractivity contribution < 1.29 is 18.6 Å². The number of halogens is 1. The van der Waals surface area contributed by atoms with Gasteiger partial charge in [0.2, 0.25) is 5.88 Å². The van der Waals surface area contributed by atoms with E-state index in [0.29, 0.717) is 40.0 Å². The van der Waals surface area contributed by atoms with Crippen LogP contribution in [0.15, 0.2) is 106 Å². The third-order valence-electron chi connectivity index (χ3n) is 6.28. The van der Waals surface area contributed by atoms with Gasteiger partial charge < -0.3 is 18.6 Å². The van der Waals surface area contributed by atoms with Gasteiger partial charge in [-0.05, 0) is 71.8 Å². The first-order chi connectivity index (χ1) is 19.6. The SMILES string of the molecule is COc1ccc(-c2oc(N=Cc3ccccc3OCc3ccc(Cl)cc3)c(C#N)c2-c2ccc(OC)cc2)cc1. The van der Waals surface area contributed by atoms with Crippen molar-refractivity contribution in [2.45, 2.75) is 6.61 Å². The zero-order valence-corrected chi connectivity index (χ0v) is 22.7. The van der Waals surface area contributed by atoms with Crippen LogP contribution < -0.4 is 14.2 Å². The Hall–Kier alpha value is -4.99. The lowest BCUT2D eigenvalue weighted by molar-refractivity contribution is 0.306. The highest BCUT2D eigenvalue weighted by Gasteiger charge is 2.23. The smallest absolute Gasteiger partial charge is 0.238 e. The monoisotopic (exact) mass is 548 g/mol. The lowest BCUT2D eigenvalue weighted by atomic mass is 9.98. The molecular formula is C33H25ClN2O4. The maximum atomic E-state index is 10.2. The molecule has 0 spiro atoms. The summed E-state index contributed by atoms with van der Waals surface area (Å²) in [5.41, 5.74) is 4.30. The first kappa shape index (κ1) is 26.6. The van der Waals surface area contributed by atoms with E-state index in [4.69, 9.17) is 30.2 Å².